The maximum Gasteiger partial charge on any atom is 0.275 e. The number of likely N-dealkylation sites (tertiary alicyclic amines) is 1. The van der Waals surface area contributed by atoms with Crippen molar-refractivity contribution in [2.45, 2.75) is 32.2 Å². The number of carbonyl (C=O) groups is 2. The zero-order chi connectivity index (χ0) is 21.6. The predicted molar refractivity (Wildman–Crippen MR) is 113 cm³/mol. The summed E-state index contributed by atoms with van der Waals surface area (Å²) >= 11 is 0. The highest BCUT2D eigenvalue weighted by Crippen LogP contribution is 2.58. The summed E-state index contributed by atoms with van der Waals surface area (Å²) in [5, 5.41) is 10.6. The van der Waals surface area contributed by atoms with Crippen molar-refractivity contribution < 1.29 is 14.0 Å². The molecule has 1 saturated heterocycles. The van der Waals surface area contributed by atoms with Crippen LogP contribution in [0.25, 0.3) is 10.9 Å². The van der Waals surface area contributed by atoms with Crippen LogP contribution < -0.4 is 5.32 Å². The van der Waals surface area contributed by atoms with Crippen LogP contribution in [0, 0.1) is 17.2 Å². The maximum absolute atomic E-state index is 13.7. The van der Waals surface area contributed by atoms with Crippen LogP contribution in [-0.4, -0.2) is 45.0 Å². The van der Waals surface area contributed by atoms with Crippen molar-refractivity contribution in [3.8, 4) is 0 Å². The van der Waals surface area contributed by atoms with Crippen LogP contribution in [-0.2, 0) is 4.79 Å². The van der Waals surface area contributed by atoms with Crippen molar-refractivity contribution in [3.05, 3.63) is 59.8 Å². The first kappa shape index (κ1) is 19.7. The molecule has 3 aromatic rings. The molecule has 8 heteroatoms. The van der Waals surface area contributed by atoms with Gasteiger partial charge in [-0.1, -0.05) is 13.3 Å². The molecule has 1 saturated carbocycles. The molecule has 2 N–H and O–H groups in total. The predicted octanol–water partition coefficient (Wildman–Crippen LogP) is 3.22. The molecular weight excluding hydrogens is 397 g/mol. The number of nitrogens with one attached hydrogen (secondary N) is 2. The van der Waals surface area contributed by atoms with Gasteiger partial charge in [-0.25, -0.2) is 4.39 Å². The average Bonchev–Trinajstić information content (AvgIpc) is 3.14. The number of pyridine rings is 1. The average molecular weight is 421 g/mol. The molecular formula is C23H24FN5O2. The van der Waals surface area contributed by atoms with Crippen molar-refractivity contribution in [2.24, 2.45) is 11.3 Å². The first-order chi connectivity index (χ1) is 15.0. The Morgan fingerprint density at radius 2 is 2.13 bits per heavy atom. The van der Waals surface area contributed by atoms with Gasteiger partial charge in [0.1, 0.15) is 5.82 Å². The molecule has 160 valence electrons. The lowest BCUT2D eigenvalue weighted by Crippen LogP contribution is -2.40. The Morgan fingerprint density at radius 1 is 1.32 bits per heavy atom. The number of carbonyl (C=O) groups excluding carboxylic acids is 2. The number of hydrogen-bond acceptors (Lipinski definition) is 4. The molecule has 1 aliphatic heterocycles. The lowest BCUT2D eigenvalue weighted by molar-refractivity contribution is -0.127. The third-order valence-corrected chi connectivity index (χ3v) is 6.60. The van der Waals surface area contributed by atoms with Crippen molar-refractivity contribution >= 4 is 22.7 Å². The van der Waals surface area contributed by atoms with Crippen LogP contribution in [0.15, 0.2) is 42.7 Å². The topological polar surface area (TPSA) is 91.0 Å². The minimum atomic E-state index is -0.536. The van der Waals surface area contributed by atoms with E-state index in [1.54, 1.807) is 23.4 Å². The van der Waals surface area contributed by atoms with Crippen molar-refractivity contribution in [3.63, 3.8) is 0 Å². The molecule has 7 nitrogen and oxygen atoms in total. The van der Waals surface area contributed by atoms with E-state index in [9.17, 15) is 14.0 Å². The summed E-state index contributed by atoms with van der Waals surface area (Å²) in [6.45, 7) is 2.97. The highest BCUT2D eigenvalue weighted by Gasteiger charge is 2.65. The van der Waals surface area contributed by atoms with E-state index in [-0.39, 0.29) is 29.5 Å². The molecule has 2 amide bonds. The number of fused-ring (bicyclic) bond motifs is 2. The normalized spacial score (nSPS) is 22.9. The van der Waals surface area contributed by atoms with Crippen LogP contribution in [0.3, 0.4) is 0 Å². The Morgan fingerprint density at radius 3 is 2.90 bits per heavy atom. The maximum atomic E-state index is 13.7. The number of rotatable bonds is 6. The number of H-pyrrole nitrogens is 1. The summed E-state index contributed by atoms with van der Waals surface area (Å²) in [4.78, 5) is 32.1. The number of benzene rings is 1. The van der Waals surface area contributed by atoms with Crippen molar-refractivity contribution in [1.29, 1.82) is 0 Å². The lowest BCUT2D eigenvalue weighted by atomic mass is 10.00. The zero-order valence-electron chi connectivity index (χ0n) is 17.3. The number of halogens is 1. The molecule has 1 aliphatic carbocycles. The molecule has 0 spiro atoms. The van der Waals surface area contributed by atoms with Gasteiger partial charge in [-0.05, 0) is 54.7 Å². The Hall–Kier alpha value is -3.29. The van der Waals surface area contributed by atoms with Crippen LogP contribution in [0.4, 0.5) is 4.39 Å². The molecule has 0 radical (unpaired) electrons. The van der Waals surface area contributed by atoms with Crippen LogP contribution in [0.5, 0.6) is 0 Å². The minimum Gasteiger partial charge on any atom is -0.349 e. The molecule has 2 aromatic heterocycles. The number of aromatic amines is 1. The van der Waals surface area contributed by atoms with Crippen LogP contribution in [0.1, 0.15) is 48.3 Å². The molecule has 1 aromatic carbocycles. The number of nitrogens with zero attached hydrogens (tertiary/aromatic N) is 3. The van der Waals surface area contributed by atoms with Gasteiger partial charge in [0.15, 0.2) is 5.69 Å². The van der Waals surface area contributed by atoms with E-state index >= 15 is 0 Å². The summed E-state index contributed by atoms with van der Waals surface area (Å²) in [5.41, 5.74) is 1.31. The second-order valence-corrected chi connectivity index (χ2v) is 8.60. The quantitative estimate of drug-likeness (QED) is 0.639. The highest BCUT2D eigenvalue weighted by atomic mass is 19.1. The van der Waals surface area contributed by atoms with Crippen LogP contribution in [0.2, 0.25) is 0 Å². The highest BCUT2D eigenvalue weighted by molar-refractivity contribution is 6.05. The first-order valence-electron chi connectivity index (χ1n) is 10.7. The van der Waals surface area contributed by atoms with Gasteiger partial charge in [-0.15, -0.1) is 0 Å². The molecule has 0 bridgehead atoms. The number of aromatic nitrogens is 3. The van der Waals surface area contributed by atoms with Gasteiger partial charge in [0.2, 0.25) is 5.91 Å². The second kappa shape index (κ2) is 7.44. The van der Waals surface area contributed by atoms with Gasteiger partial charge >= 0.3 is 0 Å². The third kappa shape index (κ3) is 3.36. The molecule has 2 fully saturated rings. The second-order valence-electron chi connectivity index (χ2n) is 8.60. The third-order valence-electron chi connectivity index (χ3n) is 6.60. The van der Waals surface area contributed by atoms with Gasteiger partial charge in [-0.3, -0.25) is 19.7 Å². The van der Waals surface area contributed by atoms with E-state index in [1.165, 1.54) is 12.1 Å². The fourth-order valence-corrected chi connectivity index (χ4v) is 4.80. The summed E-state index contributed by atoms with van der Waals surface area (Å²) in [7, 11) is 0. The standard InChI is InChI=1S/C23H24FN5O2/c1-2-3-18(14-6-8-25-9-7-14)26-22(31)23-11-15(23)12-29(13-23)21(30)20-17-10-16(24)4-5-19(17)27-28-20/h4-10,15,18H,2-3,11-13H2,1H3,(H,26,31)(H,27,28)/t15?,18?,23-/m1/s1. The number of amides is 2. The van der Waals surface area contributed by atoms with E-state index in [4.69, 9.17) is 0 Å². The summed E-state index contributed by atoms with van der Waals surface area (Å²) in [5.74, 6) is -0.532. The Bertz CT molecular complexity index is 1150. The van der Waals surface area contributed by atoms with Gasteiger partial charge in [0.25, 0.3) is 5.91 Å². The van der Waals surface area contributed by atoms with Crippen LogP contribution >= 0.6 is 0 Å². The summed E-state index contributed by atoms with van der Waals surface area (Å²) in [6, 6.07) is 7.99. The molecule has 2 unspecified atom stereocenters. The molecule has 2 aliphatic rings. The number of hydrogen-bond donors (Lipinski definition) is 2. The van der Waals surface area contributed by atoms with E-state index < -0.39 is 11.2 Å². The van der Waals surface area contributed by atoms with Gasteiger partial charge < -0.3 is 10.2 Å². The lowest BCUT2D eigenvalue weighted by Gasteiger charge is -2.23. The minimum absolute atomic E-state index is 0.000919. The Labute approximate surface area is 179 Å². The van der Waals surface area contributed by atoms with E-state index in [0.29, 0.717) is 24.0 Å². The summed E-state index contributed by atoms with van der Waals surface area (Å²) in [6.07, 6.45) is 6.03. The van der Waals surface area contributed by atoms with E-state index in [2.05, 4.69) is 27.4 Å². The Balaban J connectivity index is 1.32. The zero-order valence-corrected chi connectivity index (χ0v) is 17.3. The smallest absolute Gasteiger partial charge is 0.275 e. The fraction of sp³-hybridized carbons (Fsp3) is 0.391. The fourth-order valence-electron chi connectivity index (χ4n) is 4.80. The number of piperidine rings is 1. The molecule has 3 heterocycles. The SMILES string of the molecule is CCCC(NC(=O)[C@@]12CC1CN(C(=O)c1n[nH]c3ccc(F)cc13)C2)c1ccncc1. The van der Waals surface area contributed by atoms with Gasteiger partial charge in [0, 0.05) is 30.9 Å². The largest absolute Gasteiger partial charge is 0.349 e. The molecule has 31 heavy (non-hydrogen) atoms. The molecule has 5 rings (SSSR count). The van der Waals surface area contributed by atoms with Crippen molar-refractivity contribution in [2.75, 3.05) is 13.1 Å². The van der Waals surface area contributed by atoms with E-state index in [1.807, 2.05) is 12.1 Å². The van der Waals surface area contributed by atoms with Crippen molar-refractivity contribution in [1.82, 2.24) is 25.4 Å². The van der Waals surface area contributed by atoms with Gasteiger partial charge in [0.05, 0.1) is 17.0 Å². The van der Waals surface area contributed by atoms with Gasteiger partial charge in [-0.2, -0.15) is 5.10 Å². The molecule has 3 atom stereocenters. The first-order valence-corrected chi connectivity index (χ1v) is 10.7. The summed E-state index contributed by atoms with van der Waals surface area (Å²) < 4.78 is 13.7. The Kier molecular flexibility index (Phi) is 4.72. The monoisotopic (exact) mass is 421 g/mol. The van der Waals surface area contributed by atoms with E-state index in [0.717, 1.165) is 24.8 Å².